The fraction of sp³-hybridized carbons (Fsp3) is 0.500. The first-order valence-electron chi connectivity index (χ1n) is 9.63. The molecule has 1 saturated heterocycles. The summed E-state index contributed by atoms with van der Waals surface area (Å²) in [6.07, 6.45) is 8.56. The van der Waals surface area contributed by atoms with Gasteiger partial charge in [0.05, 0.1) is 12.1 Å². The number of fused-ring (bicyclic) bond motifs is 1. The molecule has 0 atom stereocenters. The number of rotatable bonds is 7. The molecular weight excluding hydrogens is 358 g/mol. The van der Waals surface area contributed by atoms with Crippen LogP contribution in [0.2, 0.25) is 0 Å². The molecule has 0 unspecified atom stereocenters. The SMILES string of the molecule is C=CCC.CN/C=C/Cn1c(=O)[nH]c2c(N)nc(OCC3CCOCC3)cc21. The Kier molecular flexibility index (Phi) is 8.61. The monoisotopic (exact) mass is 389 g/mol. The van der Waals surface area contributed by atoms with Crippen LogP contribution in [0.5, 0.6) is 5.88 Å². The van der Waals surface area contributed by atoms with Crippen LogP contribution < -0.4 is 21.5 Å². The zero-order valence-electron chi connectivity index (χ0n) is 16.7. The number of aromatic nitrogens is 3. The summed E-state index contributed by atoms with van der Waals surface area (Å²) in [6.45, 7) is 8.10. The molecule has 2 aromatic rings. The predicted molar refractivity (Wildman–Crippen MR) is 112 cm³/mol. The number of nitrogens with two attached hydrogens (primary N) is 1. The molecule has 8 nitrogen and oxygen atoms in total. The van der Waals surface area contributed by atoms with Gasteiger partial charge in [-0.3, -0.25) is 4.57 Å². The van der Waals surface area contributed by atoms with Gasteiger partial charge < -0.3 is 25.5 Å². The summed E-state index contributed by atoms with van der Waals surface area (Å²) in [6, 6.07) is 1.76. The van der Waals surface area contributed by atoms with Gasteiger partial charge in [-0.05, 0) is 37.5 Å². The van der Waals surface area contributed by atoms with Crippen LogP contribution in [-0.2, 0) is 11.3 Å². The molecular formula is C20H31N5O3. The van der Waals surface area contributed by atoms with Crippen molar-refractivity contribution in [1.29, 1.82) is 0 Å². The van der Waals surface area contributed by atoms with Gasteiger partial charge in [0, 0.05) is 32.9 Å². The van der Waals surface area contributed by atoms with E-state index < -0.39 is 0 Å². The quantitative estimate of drug-likeness (QED) is 0.628. The lowest BCUT2D eigenvalue weighted by atomic mass is 10.0. The number of nitrogens with one attached hydrogen (secondary N) is 2. The molecule has 0 aliphatic carbocycles. The number of aromatic amines is 1. The molecule has 4 N–H and O–H groups in total. The largest absolute Gasteiger partial charge is 0.477 e. The van der Waals surface area contributed by atoms with Crippen molar-refractivity contribution in [1.82, 2.24) is 19.9 Å². The minimum absolute atomic E-state index is 0.221. The topological polar surface area (TPSA) is 107 Å². The van der Waals surface area contributed by atoms with Gasteiger partial charge in [-0.25, -0.2) is 4.79 Å². The van der Waals surface area contributed by atoms with Crippen molar-refractivity contribution < 1.29 is 9.47 Å². The van der Waals surface area contributed by atoms with Crippen LogP contribution in [0.25, 0.3) is 11.0 Å². The second-order valence-electron chi connectivity index (χ2n) is 6.54. The van der Waals surface area contributed by atoms with E-state index in [1.165, 1.54) is 0 Å². The summed E-state index contributed by atoms with van der Waals surface area (Å²) in [7, 11) is 1.80. The molecule has 8 heteroatoms. The maximum absolute atomic E-state index is 12.1. The van der Waals surface area contributed by atoms with Crippen LogP contribution in [0.15, 0.2) is 35.8 Å². The average Bonchev–Trinajstić information content (AvgIpc) is 3.04. The molecule has 154 valence electrons. The molecule has 28 heavy (non-hydrogen) atoms. The van der Waals surface area contributed by atoms with Crippen molar-refractivity contribution in [3.8, 4) is 5.88 Å². The molecule has 0 saturated carbocycles. The van der Waals surface area contributed by atoms with E-state index in [9.17, 15) is 4.79 Å². The Bertz CT molecular complexity index is 834. The van der Waals surface area contributed by atoms with Crippen molar-refractivity contribution in [2.75, 3.05) is 32.6 Å². The first-order chi connectivity index (χ1) is 13.6. The smallest absolute Gasteiger partial charge is 0.326 e. The van der Waals surface area contributed by atoms with Gasteiger partial charge >= 0.3 is 5.69 Å². The first kappa shape index (κ1) is 21.6. The lowest BCUT2D eigenvalue weighted by molar-refractivity contribution is 0.0491. The van der Waals surface area contributed by atoms with Crippen molar-refractivity contribution >= 4 is 16.9 Å². The Morgan fingerprint density at radius 1 is 1.50 bits per heavy atom. The number of hydrogen-bond donors (Lipinski definition) is 3. The Labute approximate surface area is 165 Å². The number of ether oxygens (including phenoxy) is 2. The van der Waals surface area contributed by atoms with Crippen LogP contribution in [0.1, 0.15) is 26.2 Å². The molecule has 0 aromatic carbocycles. The normalized spacial score (nSPS) is 14.6. The van der Waals surface area contributed by atoms with E-state index in [1.54, 1.807) is 23.9 Å². The molecule has 0 radical (unpaired) electrons. The molecule has 0 spiro atoms. The maximum atomic E-state index is 12.1. The Balaban J connectivity index is 0.000000640. The molecule has 0 amide bonds. The molecule has 1 fully saturated rings. The number of nitrogen functional groups attached to an aromatic ring is 1. The predicted octanol–water partition coefficient (Wildman–Crippen LogP) is 2.43. The second kappa shape index (κ2) is 11.2. The van der Waals surface area contributed by atoms with Gasteiger partial charge in [-0.15, -0.1) is 6.58 Å². The van der Waals surface area contributed by atoms with Crippen molar-refractivity contribution in [3.63, 3.8) is 0 Å². The molecule has 1 aliphatic heterocycles. The third-order valence-electron chi connectivity index (χ3n) is 4.44. The van der Waals surface area contributed by atoms with E-state index in [4.69, 9.17) is 15.2 Å². The Morgan fingerprint density at radius 2 is 2.21 bits per heavy atom. The summed E-state index contributed by atoms with van der Waals surface area (Å²) in [5.74, 6) is 1.17. The molecule has 2 aromatic heterocycles. The van der Waals surface area contributed by atoms with E-state index in [0.29, 0.717) is 36.0 Å². The minimum Gasteiger partial charge on any atom is -0.477 e. The number of nitrogens with zero attached hydrogens (tertiary/aromatic N) is 2. The molecule has 3 heterocycles. The number of H-pyrrole nitrogens is 1. The van der Waals surface area contributed by atoms with Crippen LogP contribution >= 0.6 is 0 Å². The summed E-state index contributed by atoms with van der Waals surface area (Å²) >= 11 is 0. The maximum Gasteiger partial charge on any atom is 0.326 e. The van der Waals surface area contributed by atoms with E-state index >= 15 is 0 Å². The number of imidazole rings is 1. The number of pyridine rings is 1. The second-order valence-corrected chi connectivity index (χ2v) is 6.54. The van der Waals surface area contributed by atoms with Gasteiger partial charge in [-0.1, -0.05) is 13.0 Å². The highest BCUT2D eigenvalue weighted by atomic mass is 16.5. The summed E-state index contributed by atoms with van der Waals surface area (Å²) in [4.78, 5) is 19.1. The van der Waals surface area contributed by atoms with Crippen molar-refractivity contribution in [2.24, 2.45) is 5.92 Å². The van der Waals surface area contributed by atoms with Crippen molar-refractivity contribution in [3.05, 3.63) is 41.5 Å². The Hall–Kier alpha value is -2.74. The zero-order valence-corrected chi connectivity index (χ0v) is 16.7. The van der Waals surface area contributed by atoms with Gasteiger partial charge in [-0.2, -0.15) is 4.98 Å². The highest BCUT2D eigenvalue weighted by Crippen LogP contribution is 2.23. The van der Waals surface area contributed by atoms with Crippen LogP contribution in [0.4, 0.5) is 5.82 Å². The van der Waals surface area contributed by atoms with E-state index in [-0.39, 0.29) is 11.5 Å². The van der Waals surface area contributed by atoms with Gasteiger partial charge in [0.25, 0.3) is 0 Å². The third kappa shape index (κ3) is 5.88. The zero-order chi connectivity index (χ0) is 20.4. The third-order valence-corrected chi connectivity index (χ3v) is 4.44. The standard InChI is InChI=1S/C16H23N5O3.C4H8/c1-18-5-2-6-21-12-9-13(19-15(17)14(12)20-16(21)22)24-10-11-3-7-23-8-4-11;1-3-4-2/h2,5,9,11,18H,3-4,6-8,10H2,1H3,(H2,17,19)(H,20,22);3H,1,4H2,2H3/b5-2+;. The number of anilines is 1. The lowest BCUT2D eigenvalue weighted by Gasteiger charge is -2.21. The Morgan fingerprint density at radius 3 is 2.86 bits per heavy atom. The van der Waals surface area contributed by atoms with Crippen LogP contribution in [-0.4, -0.2) is 41.4 Å². The highest BCUT2D eigenvalue weighted by Gasteiger charge is 2.16. The van der Waals surface area contributed by atoms with Crippen LogP contribution in [0.3, 0.4) is 0 Å². The van der Waals surface area contributed by atoms with E-state index in [2.05, 4.69) is 28.8 Å². The summed E-state index contributed by atoms with van der Waals surface area (Å²) in [5.41, 5.74) is 6.98. The molecule has 3 rings (SSSR count). The fourth-order valence-electron chi connectivity index (χ4n) is 2.80. The van der Waals surface area contributed by atoms with Gasteiger partial charge in [0.15, 0.2) is 5.82 Å². The van der Waals surface area contributed by atoms with Crippen molar-refractivity contribution in [2.45, 2.75) is 32.7 Å². The van der Waals surface area contributed by atoms with Gasteiger partial charge in [0.1, 0.15) is 5.52 Å². The highest BCUT2D eigenvalue weighted by molar-refractivity contribution is 5.85. The summed E-state index contributed by atoms with van der Waals surface area (Å²) < 4.78 is 12.8. The van der Waals surface area contributed by atoms with Gasteiger partial charge in [0.2, 0.25) is 5.88 Å². The molecule has 1 aliphatic rings. The van der Waals surface area contributed by atoms with E-state index in [1.807, 2.05) is 12.2 Å². The average molecular weight is 390 g/mol. The first-order valence-corrected chi connectivity index (χ1v) is 9.63. The summed E-state index contributed by atoms with van der Waals surface area (Å²) in [5, 5.41) is 2.90. The molecule has 0 bridgehead atoms. The number of hydrogen-bond acceptors (Lipinski definition) is 6. The fourth-order valence-corrected chi connectivity index (χ4v) is 2.80. The number of allylic oxidation sites excluding steroid dienone is 2. The minimum atomic E-state index is -0.221. The van der Waals surface area contributed by atoms with E-state index in [0.717, 1.165) is 32.5 Å². The van der Waals surface area contributed by atoms with Crippen LogP contribution in [0, 0.1) is 5.92 Å². The lowest BCUT2D eigenvalue weighted by Crippen LogP contribution is -2.21.